The molecule has 0 atom stereocenters. The van der Waals surface area contributed by atoms with Crippen molar-refractivity contribution < 1.29 is 14.7 Å². The summed E-state index contributed by atoms with van der Waals surface area (Å²) in [6, 6.07) is 0. The predicted octanol–water partition coefficient (Wildman–Crippen LogP) is 0.800. The fourth-order valence-corrected chi connectivity index (χ4v) is 1.23. The molecule has 6 heteroatoms. The highest BCUT2D eigenvalue weighted by molar-refractivity contribution is 7.12. The summed E-state index contributed by atoms with van der Waals surface area (Å²) in [7, 11) is 0. The van der Waals surface area contributed by atoms with Crippen molar-refractivity contribution in [3.05, 3.63) is 10.4 Å². The lowest BCUT2D eigenvalue weighted by Crippen LogP contribution is -2.09. The van der Waals surface area contributed by atoms with Crippen LogP contribution in [0, 0.1) is 0 Å². The van der Waals surface area contributed by atoms with Gasteiger partial charge in [0.2, 0.25) is 5.91 Å². The van der Waals surface area contributed by atoms with E-state index in [1.54, 1.807) is 0 Å². The number of carboxylic acid groups (broad SMARTS) is 1. The van der Waals surface area contributed by atoms with E-state index in [4.69, 9.17) is 5.11 Å². The van der Waals surface area contributed by atoms with Gasteiger partial charge in [0, 0.05) is 6.92 Å². The highest BCUT2D eigenvalue weighted by Crippen LogP contribution is 2.17. The van der Waals surface area contributed by atoms with Crippen LogP contribution in [0.5, 0.6) is 0 Å². The van der Waals surface area contributed by atoms with Crippen molar-refractivity contribution in [2.45, 2.75) is 6.92 Å². The van der Waals surface area contributed by atoms with E-state index in [0.29, 0.717) is 0 Å². The Labute approximate surface area is 72.1 Å². The van der Waals surface area contributed by atoms with Crippen LogP contribution in [0.3, 0.4) is 0 Å². The van der Waals surface area contributed by atoms with Crippen molar-refractivity contribution in [2.24, 2.45) is 0 Å². The Hall–Kier alpha value is -1.43. The zero-order valence-corrected chi connectivity index (χ0v) is 7.01. The lowest BCUT2D eigenvalue weighted by atomic mass is 10.5. The number of anilines is 1. The molecule has 1 amide bonds. The second-order valence-corrected chi connectivity index (χ2v) is 2.87. The topological polar surface area (TPSA) is 79.3 Å². The van der Waals surface area contributed by atoms with Crippen LogP contribution in [0.15, 0.2) is 5.51 Å². The molecule has 0 fully saturated rings. The van der Waals surface area contributed by atoms with Gasteiger partial charge in [-0.25, -0.2) is 9.78 Å². The largest absolute Gasteiger partial charge is 0.477 e. The van der Waals surface area contributed by atoms with Gasteiger partial charge in [0.15, 0.2) is 10.7 Å². The van der Waals surface area contributed by atoms with Crippen molar-refractivity contribution in [3.63, 3.8) is 0 Å². The first-order chi connectivity index (χ1) is 5.61. The van der Waals surface area contributed by atoms with E-state index in [1.165, 1.54) is 12.4 Å². The molecular formula is C6H6N2O3S. The average Bonchev–Trinajstić information content (AvgIpc) is 2.33. The van der Waals surface area contributed by atoms with E-state index in [2.05, 4.69) is 10.3 Å². The second-order valence-electron chi connectivity index (χ2n) is 2.02. The van der Waals surface area contributed by atoms with E-state index < -0.39 is 5.97 Å². The molecule has 0 unspecified atom stereocenters. The van der Waals surface area contributed by atoms with E-state index in [-0.39, 0.29) is 16.6 Å². The summed E-state index contributed by atoms with van der Waals surface area (Å²) in [5, 5.41) is 10.9. The molecule has 0 aromatic carbocycles. The van der Waals surface area contributed by atoms with Gasteiger partial charge in [-0.3, -0.25) is 4.79 Å². The third-order valence-electron chi connectivity index (χ3n) is 1.06. The molecule has 0 saturated carbocycles. The minimum atomic E-state index is -1.08. The van der Waals surface area contributed by atoms with Crippen LogP contribution in [-0.2, 0) is 4.79 Å². The smallest absolute Gasteiger partial charge is 0.349 e. The minimum absolute atomic E-state index is 0.0465. The zero-order valence-electron chi connectivity index (χ0n) is 6.20. The van der Waals surface area contributed by atoms with E-state index in [1.807, 2.05) is 0 Å². The minimum Gasteiger partial charge on any atom is -0.477 e. The number of carboxylic acids is 1. The first-order valence-electron chi connectivity index (χ1n) is 3.05. The van der Waals surface area contributed by atoms with Crippen molar-refractivity contribution in [1.29, 1.82) is 0 Å². The number of rotatable bonds is 2. The first-order valence-corrected chi connectivity index (χ1v) is 3.93. The van der Waals surface area contributed by atoms with Crippen molar-refractivity contribution >= 4 is 29.0 Å². The second kappa shape index (κ2) is 3.31. The number of nitrogens with zero attached hydrogens (tertiary/aromatic N) is 1. The van der Waals surface area contributed by atoms with Crippen LogP contribution < -0.4 is 5.32 Å². The summed E-state index contributed by atoms with van der Waals surface area (Å²) in [5.74, 6) is -1.30. The lowest BCUT2D eigenvalue weighted by Gasteiger charge is -1.96. The average molecular weight is 186 g/mol. The fraction of sp³-hybridized carbons (Fsp3) is 0.167. The highest BCUT2D eigenvalue weighted by atomic mass is 32.1. The Kier molecular flexibility index (Phi) is 2.39. The molecule has 2 N–H and O–H groups in total. The van der Waals surface area contributed by atoms with Crippen molar-refractivity contribution in [2.75, 3.05) is 5.32 Å². The van der Waals surface area contributed by atoms with Crippen molar-refractivity contribution in [3.8, 4) is 0 Å². The molecule has 1 aromatic rings. The lowest BCUT2D eigenvalue weighted by molar-refractivity contribution is -0.114. The van der Waals surface area contributed by atoms with Crippen LogP contribution in [-0.4, -0.2) is 22.0 Å². The summed E-state index contributed by atoms with van der Waals surface area (Å²) >= 11 is 0.974. The molecule has 12 heavy (non-hydrogen) atoms. The zero-order chi connectivity index (χ0) is 9.14. The molecule has 0 aliphatic rings. The van der Waals surface area contributed by atoms with Gasteiger partial charge in [-0.2, -0.15) is 0 Å². The van der Waals surface area contributed by atoms with Gasteiger partial charge < -0.3 is 10.4 Å². The number of thiazole rings is 1. The molecule has 1 heterocycles. The Bertz CT molecular complexity index is 320. The summed E-state index contributed by atoms with van der Waals surface area (Å²) in [6.07, 6.45) is 0. The van der Waals surface area contributed by atoms with Gasteiger partial charge in [0.05, 0.1) is 5.51 Å². The maximum atomic E-state index is 10.5. The molecule has 0 aliphatic heterocycles. The van der Waals surface area contributed by atoms with E-state index >= 15 is 0 Å². The summed E-state index contributed by atoms with van der Waals surface area (Å²) in [4.78, 5) is 24.8. The van der Waals surface area contributed by atoms with Gasteiger partial charge in [0.1, 0.15) is 0 Å². The molecule has 1 aromatic heterocycles. The van der Waals surface area contributed by atoms with Crippen LogP contribution >= 0.6 is 11.3 Å². The Balaban J connectivity index is 2.91. The standard InChI is InChI=1S/C6H6N2O3S/c1-3(9)8-5-4(6(10)11)12-2-7-5/h2H,1H3,(H,8,9)(H,10,11). The van der Waals surface area contributed by atoms with E-state index in [9.17, 15) is 9.59 Å². The summed E-state index contributed by atoms with van der Waals surface area (Å²) in [5.41, 5.74) is 1.37. The number of carbonyl (C=O) groups is 2. The number of carbonyl (C=O) groups excluding carboxylic acids is 1. The van der Waals surface area contributed by atoms with Gasteiger partial charge in [-0.15, -0.1) is 11.3 Å². The SMILES string of the molecule is CC(=O)Nc1ncsc1C(=O)O. The number of hydrogen-bond acceptors (Lipinski definition) is 4. The highest BCUT2D eigenvalue weighted by Gasteiger charge is 2.13. The molecule has 0 aliphatic carbocycles. The maximum absolute atomic E-state index is 10.5. The number of aromatic carboxylic acids is 1. The van der Waals surface area contributed by atoms with Gasteiger partial charge in [-0.1, -0.05) is 0 Å². The quantitative estimate of drug-likeness (QED) is 0.716. The Morgan fingerprint density at radius 3 is 2.83 bits per heavy atom. The molecule has 5 nitrogen and oxygen atoms in total. The Morgan fingerprint density at radius 1 is 1.67 bits per heavy atom. The van der Waals surface area contributed by atoms with Crippen LogP contribution in [0.4, 0.5) is 5.82 Å². The number of aromatic nitrogens is 1. The number of amides is 1. The summed E-state index contributed by atoms with van der Waals surface area (Å²) in [6.45, 7) is 1.30. The Morgan fingerprint density at radius 2 is 2.33 bits per heavy atom. The molecule has 1 rings (SSSR count). The normalized spacial score (nSPS) is 9.42. The van der Waals surface area contributed by atoms with Gasteiger partial charge >= 0.3 is 5.97 Å². The van der Waals surface area contributed by atoms with Crippen LogP contribution in [0.25, 0.3) is 0 Å². The van der Waals surface area contributed by atoms with Gasteiger partial charge in [-0.05, 0) is 0 Å². The predicted molar refractivity (Wildman–Crippen MR) is 43.4 cm³/mol. The molecule has 64 valence electrons. The molecule has 0 spiro atoms. The molecule has 0 bridgehead atoms. The number of hydrogen-bond donors (Lipinski definition) is 2. The van der Waals surface area contributed by atoms with Crippen molar-refractivity contribution in [1.82, 2.24) is 4.98 Å². The first kappa shape index (κ1) is 8.66. The number of nitrogens with one attached hydrogen (secondary N) is 1. The van der Waals surface area contributed by atoms with Crippen LogP contribution in [0.1, 0.15) is 16.6 Å². The maximum Gasteiger partial charge on any atom is 0.349 e. The summed E-state index contributed by atoms with van der Waals surface area (Å²) < 4.78 is 0. The fourth-order valence-electron chi connectivity index (χ4n) is 0.654. The third-order valence-corrected chi connectivity index (χ3v) is 1.87. The third kappa shape index (κ3) is 1.79. The van der Waals surface area contributed by atoms with Crippen LogP contribution in [0.2, 0.25) is 0 Å². The molecule has 0 radical (unpaired) electrons. The molecular weight excluding hydrogens is 180 g/mol. The molecule has 0 saturated heterocycles. The van der Waals surface area contributed by atoms with E-state index in [0.717, 1.165) is 11.3 Å². The van der Waals surface area contributed by atoms with Gasteiger partial charge in [0.25, 0.3) is 0 Å². The monoisotopic (exact) mass is 186 g/mol.